The Bertz CT molecular complexity index is 800. The zero-order valence-electron chi connectivity index (χ0n) is 15.1. The van der Waals surface area contributed by atoms with E-state index in [-0.39, 0.29) is 0 Å². The van der Waals surface area contributed by atoms with E-state index < -0.39 is 5.97 Å². The van der Waals surface area contributed by atoms with Crippen LogP contribution >= 0.6 is 15.9 Å². The molecule has 1 fully saturated rings. The number of halogens is 1. The van der Waals surface area contributed by atoms with E-state index in [1.165, 1.54) is 0 Å². The van der Waals surface area contributed by atoms with Crippen molar-refractivity contribution < 1.29 is 14.6 Å². The lowest BCUT2D eigenvalue weighted by atomic mass is 9.92. The number of aromatic nitrogens is 1. The Hall–Kier alpha value is -2.28. The smallest absolute Gasteiger partial charge is 0.337 e. The topological polar surface area (TPSA) is 88.7 Å². The fourth-order valence-corrected chi connectivity index (χ4v) is 3.88. The highest BCUT2D eigenvalue weighted by Crippen LogP contribution is 2.30. The van der Waals surface area contributed by atoms with E-state index in [9.17, 15) is 9.90 Å². The predicted molar refractivity (Wildman–Crippen MR) is 109 cm³/mol. The average molecular weight is 434 g/mol. The van der Waals surface area contributed by atoms with Gasteiger partial charge in [0.15, 0.2) is 0 Å². The Kier molecular flexibility index (Phi) is 6.55. The molecule has 0 aliphatic carbocycles. The Labute approximate surface area is 167 Å². The van der Waals surface area contributed by atoms with Crippen LogP contribution in [0.4, 0.5) is 11.5 Å². The number of carboxylic acid groups (broad SMARTS) is 1. The maximum atomic E-state index is 11.6. The number of ether oxygens (including phenoxy) is 1. The van der Waals surface area contributed by atoms with Gasteiger partial charge in [-0.05, 0) is 55.9 Å². The molecule has 0 saturated carbocycles. The summed E-state index contributed by atoms with van der Waals surface area (Å²) >= 11 is 3.45. The van der Waals surface area contributed by atoms with Crippen LogP contribution < -0.4 is 15.4 Å². The Morgan fingerprint density at radius 2 is 2.22 bits per heavy atom. The van der Waals surface area contributed by atoms with Crippen LogP contribution in [0.25, 0.3) is 0 Å². The molecule has 27 heavy (non-hydrogen) atoms. The van der Waals surface area contributed by atoms with Gasteiger partial charge in [-0.15, -0.1) is 0 Å². The molecule has 1 aromatic carbocycles. The lowest BCUT2D eigenvalue weighted by Gasteiger charge is -2.35. The van der Waals surface area contributed by atoms with Crippen molar-refractivity contribution in [1.82, 2.24) is 4.98 Å². The zero-order chi connectivity index (χ0) is 19.2. The molecule has 2 aromatic rings. The summed E-state index contributed by atoms with van der Waals surface area (Å²) in [6.07, 6.45) is 4.19. The molecule has 7 heteroatoms. The van der Waals surface area contributed by atoms with Crippen LogP contribution in [0.5, 0.6) is 5.88 Å². The zero-order valence-corrected chi connectivity index (χ0v) is 16.7. The molecule has 3 rings (SSSR count). The maximum absolute atomic E-state index is 11.6. The summed E-state index contributed by atoms with van der Waals surface area (Å²) in [6.45, 7) is 2.36. The van der Waals surface area contributed by atoms with Gasteiger partial charge in [0.2, 0.25) is 5.88 Å². The maximum Gasteiger partial charge on any atom is 0.337 e. The van der Waals surface area contributed by atoms with Crippen molar-refractivity contribution in [3.8, 4) is 5.88 Å². The molecule has 0 spiro atoms. The van der Waals surface area contributed by atoms with E-state index in [4.69, 9.17) is 10.5 Å². The standard InChI is InChI=1S/C20H24BrN3O3/c21-15-8-9-16(20(25)26)17(12-15)24-10-2-4-14(13-24)5-3-11-27-19-7-1-6-18(22)23-19/h1,6-9,12,14H,2-5,10-11,13H2,(H2,22,23)(H,25,26). The van der Waals surface area contributed by atoms with Crippen molar-refractivity contribution in [1.29, 1.82) is 0 Å². The number of anilines is 2. The summed E-state index contributed by atoms with van der Waals surface area (Å²) < 4.78 is 6.56. The van der Waals surface area contributed by atoms with Crippen molar-refractivity contribution in [2.45, 2.75) is 25.7 Å². The minimum absolute atomic E-state index is 0.356. The number of hydrogen-bond acceptors (Lipinski definition) is 5. The molecule has 1 aliphatic rings. The molecule has 6 nitrogen and oxygen atoms in total. The number of aromatic carboxylic acids is 1. The fraction of sp³-hybridized carbons (Fsp3) is 0.400. The van der Waals surface area contributed by atoms with Crippen LogP contribution in [0.3, 0.4) is 0 Å². The molecule has 1 atom stereocenters. The second-order valence-electron chi connectivity index (χ2n) is 6.81. The van der Waals surface area contributed by atoms with Gasteiger partial charge < -0.3 is 20.5 Å². The SMILES string of the molecule is Nc1cccc(OCCCC2CCCN(c3cc(Br)ccc3C(=O)O)C2)n1. The van der Waals surface area contributed by atoms with Gasteiger partial charge in [-0.3, -0.25) is 0 Å². The van der Waals surface area contributed by atoms with Crippen molar-refractivity contribution in [2.24, 2.45) is 5.92 Å². The largest absolute Gasteiger partial charge is 0.478 e. The number of piperidine rings is 1. The monoisotopic (exact) mass is 433 g/mol. The van der Waals surface area contributed by atoms with E-state index in [1.54, 1.807) is 24.3 Å². The van der Waals surface area contributed by atoms with E-state index in [1.807, 2.05) is 12.1 Å². The first-order chi connectivity index (χ1) is 13.0. The molecule has 2 heterocycles. The first-order valence-electron chi connectivity index (χ1n) is 9.16. The number of nitrogens with two attached hydrogens (primary N) is 1. The quantitative estimate of drug-likeness (QED) is 0.635. The molecule has 1 saturated heterocycles. The van der Waals surface area contributed by atoms with Gasteiger partial charge in [0.25, 0.3) is 0 Å². The molecule has 0 bridgehead atoms. The molecule has 1 aromatic heterocycles. The first-order valence-corrected chi connectivity index (χ1v) is 9.95. The van der Waals surface area contributed by atoms with Gasteiger partial charge in [-0.25, -0.2) is 4.79 Å². The third-order valence-corrected chi connectivity index (χ3v) is 5.29. The number of benzene rings is 1. The van der Waals surface area contributed by atoms with Gasteiger partial charge in [0.1, 0.15) is 5.82 Å². The van der Waals surface area contributed by atoms with E-state index in [2.05, 4.69) is 25.8 Å². The van der Waals surface area contributed by atoms with E-state index in [0.717, 1.165) is 48.9 Å². The first kappa shape index (κ1) is 19.5. The molecule has 1 unspecified atom stereocenters. The summed E-state index contributed by atoms with van der Waals surface area (Å²) in [6, 6.07) is 10.7. The van der Waals surface area contributed by atoms with Crippen LogP contribution in [0, 0.1) is 5.92 Å². The minimum atomic E-state index is -0.886. The Morgan fingerprint density at radius 3 is 3.00 bits per heavy atom. The van der Waals surface area contributed by atoms with E-state index >= 15 is 0 Å². The Balaban J connectivity index is 1.54. The normalized spacial score (nSPS) is 16.9. The molecule has 0 radical (unpaired) electrons. The second kappa shape index (κ2) is 9.08. The summed E-state index contributed by atoms with van der Waals surface area (Å²) in [7, 11) is 0. The highest BCUT2D eigenvalue weighted by molar-refractivity contribution is 9.10. The van der Waals surface area contributed by atoms with Crippen LogP contribution in [0.15, 0.2) is 40.9 Å². The number of nitrogen functional groups attached to an aromatic ring is 1. The van der Waals surface area contributed by atoms with Crippen LogP contribution in [-0.2, 0) is 0 Å². The second-order valence-corrected chi connectivity index (χ2v) is 7.73. The summed E-state index contributed by atoms with van der Waals surface area (Å²) in [4.78, 5) is 17.9. The highest BCUT2D eigenvalue weighted by atomic mass is 79.9. The van der Waals surface area contributed by atoms with Gasteiger partial charge in [-0.2, -0.15) is 4.98 Å². The third kappa shape index (κ3) is 5.35. The highest BCUT2D eigenvalue weighted by Gasteiger charge is 2.23. The molecule has 144 valence electrons. The summed E-state index contributed by atoms with van der Waals surface area (Å²) in [5.74, 6) is 0.652. The van der Waals surface area contributed by atoms with Gasteiger partial charge >= 0.3 is 5.97 Å². The number of carbonyl (C=O) groups is 1. The average Bonchev–Trinajstić information content (AvgIpc) is 2.65. The molecular formula is C20H24BrN3O3. The van der Waals surface area contributed by atoms with E-state index in [0.29, 0.717) is 29.8 Å². The number of carboxylic acids is 1. The summed E-state index contributed by atoms with van der Waals surface area (Å²) in [5, 5.41) is 9.48. The number of hydrogen-bond donors (Lipinski definition) is 2. The molecule has 3 N–H and O–H groups in total. The van der Waals surface area contributed by atoms with Crippen LogP contribution in [0.2, 0.25) is 0 Å². The lowest BCUT2D eigenvalue weighted by Crippen LogP contribution is -2.36. The third-order valence-electron chi connectivity index (χ3n) is 4.80. The van der Waals surface area contributed by atoms with Gasteiger partial charge in [0, 0.05) is 23.6 Å². The predicted octanol–water partition coefficient (Wildman–Crippen LogP) is 4.20. The van der Waals surface area contributed by atoms with Gasteiger partial charge in [-0.1, -0.05) is 22.0 Å². The minimum Gasteiger partial charge on any atom is -0.478 e. The van der Waals surface area contributed by atoms with Crippen LogP contribution in [-0.4, -0.2) is 35.8 Å². The van der Waals surface area contributed by atoms with Crippen molar-refractivity contribution >= 4 is 33.4 Å². The van der Waals surface area contributed by atoms with Crippen molar-refractivity contribution in [3.05, 3.63) is 46.4 Å². The van der Waals surface area contributed by atoms with Crippen LogP contribution in [0.1, 0.15) is 36.0 Å². The molecule has 1 aliphatic heterocycles. The van der Waals surface area contributed by atoms with Crippen molar-refractivity contribution in [3.63, 3.8) is 0 Å². The lowest BCUT2D eigenvalue weighted by molar-refractivity contribution is 0.0697. The molecular weight excluding hydrogens is 410 g/mol. The molecule has 0 amide bonds. The van der Waals surface area contributed by atoms with Crippen molar-refractivity contribution in [2.75, 3.05) is 30.3 Å². The summed E-state index contributed by atoms with van der Waals surface area (Å²) in [5.41, 5.74) is 6.80. The number of nitrogens with zero attached hydrogens (tertiary/aromatic N) is 2. The fourth-order valence-electron chi connectivity index (χ4n) is 3.53. The number of pyridine rings is 1. The Morgan fingerprint density at radius 1 is 1.37 bits per heavy atom. The van der Waals surface area contributed by atoms with Gasteiger partial charge in [0.05, 0.1) is 17.9 Å². The number of rotatable bonds is 7.